The number of aromatic nitrogens is 1. The highest BCUT2D eigenvalue weighted by Crippen LogP contribution is 2.27. The molecule has 0 unspecified atom stereocenters. The molecule has 2 aromatic carbocycles. The molecular weight excluding hydrogens is 293 g/mol. The highest BCUT2D eigenvalue weighted by molar-refractivity contribution is 6.36. The van der Waals surface area contributed by atoms with E-state index in [9.17, 15) is 4.79 Å². The molecule has 1 aromatic heterocycles. The third-order valence-corrected chi connectivity index (χ3v) is 4.05. The number of fused-ring (bicyclic) bond motifs is 1. The van der Waals surface area contributed by atoms with Crippen molar-refractivity contribution >= 4 is 40.4 Å². The van der Waals surface area contributed by atoms with E-state index in [-0.39, 0.29) is 0 Å². The molecule has 20 heavy (non-hydrogen) atoms. The third-order valence-electron chi connectivity index (χ3n) is 3.34. The second kappa shape index (κ2) is 5.31. The van der Waals surface area contributed by atoms with Crippen LogP contribution in [0.2, 0.25) is 10.0 Å². The number of benzene rings is 2. The number of hydrogen-bond acceptors (Lipinski definition) is 1. The molecule has 1 heterocycles. The standard InChI is InChI=1S/C16H11Cl2NO/c17-14-5-2-6-15(18)13(14)9-19-8-7-11-3-1-4-12(10-20)16(11)19/h1-8,10H,9H2. The monoisotopic (exact) mass is 303 g/mol. The molecule has 0 aliphatic carbocycles. The van der Waals surface area contributed by atoms with Gasteiger partial charge < -0.3 is 4.57 Å². The van der Waals surface area contributed by atoms with E-state index in [0.717, 1.165) is 22.8 Å². The number of halogens is 2. The van der Waals surface area contributed by atoms with E-state index in [2.05, 4.69) is 0 Å². The summed E-state index contributed by atoms with van der Waals surface area (Å²) in [5.74, 6) is 0. The van der Waals surface area contributed by atoms with Gasteiger partial charge in [-0.3, -0.25) is 4.79 Å². The molecule has 0 atom stereocenters. The summed E-state index contributed by atoms with van der Waals surface area (Å²) in [6, 6.07) is 13.1. The van der Waals surface area contributed by atoms with E-state index in [1.165, 1.54) is 0 Å². The highest BCUT2D eigenvalue weighted by Gasteiger charge is 2.10. The van der Waals surface area contributed by atoms with Gasteiger partial charge in [-0.25, -0.2) is 0 Å². The topological polar surface area (TPSA) is 22.0 Å². The van der Waals surface area contributed by atoms with E-state index in [0.29, 0.717) is 22.2 Å². The number of aldehydes is 1. The van der Waals surface area contributed by atoms with Gasteiger partial charge in [-0.1, -0.05) is 41.4 Å². The Morgan fingerprint density at radius 3 is 2.40 bits per heavy atom. The van der Waals surface area contributed by atoms with Crippen molar-refractivity contribution < 1.29 is 4.79 Å². The minimum absolute atomic E-state index is 0.535. The minimum Gasteiger partial charge on any atom is -0.342 e. The second-order valence-electron chi connectivity index (χ2n) is 4.55. The number of hydrogen-bond donors (Lipinski definition) is 0. The Kier molecular flexibility index (Phi) is 3.51. The quantitative estimate of drug-likeness (QED) is 0.636. The fraction of sp³-hybridized carbons (Fsp3) is 0.0625. The lowest BCUT2D eigenvalue weighted by Crippen LogP contribution is -2.01. The van der Waals surface area contributed by atoms with E-state index < -0.39 is 0 Å². The number of nitrogens with zero attached hydrogens (tertiary/aromatic N) is 1. The van der Waals surface area contributed by atoms with Crippen LogP contribution in [-0.4, -0.2) is 10.9 Å². The van der Waals surface area contributed by atoms with E-state index in [4.69, 9.17) is 23.2 Å². The van der Waals surface area contributed by atoms with Crippen molar-refractivity contribution in [1.82, 2.24) is 4.57 Å². The van der Waals surface area contributed by atoms with Crippen molar-refractivity contribution in [2.75, 3.05) is 0 Å². The van der Waals surface area contributed by atoms with Gasteiger partial charge >= 0.3 is 0 Å². The van der Waals surface area contributed by atoms with Gasteiger partial charge in [0.2, 0.25) is 0 Å². The smallest absolute Gasteiger partial charge is 0.152 e. The summed E-state index contributed by atoms with van der Waals surface area (Å²) in [6.07, 6.45) is 2.81. The SMILES string of the molecule is O=Cc1cccc2ccn(Cc3c(Cl)cccc3Cl)c12. The van der Waals surface area contributed by atoms with Crippen molar-refractivity contribution in [2.24, 2.45) is 0 Å². The first-order valence-electron chi connectivity index (χ1n) is 6.16. The molecule has 0 amide bonds. The van der Waals surface area contributed by atoms with Crippen LogP contribution in [-0.2, 0) is 6.54 Å². The molecule has 3 rings (SSSR count). The third kappa shape index (κ3) is 2.21. The average Bonchev–Trinajstić information content (AvgIpc) is 2.86. The molecule has 0 spiro atoms. The summed E-state index contributed by atoms with van der Waals surface area (Å²) in [4.78, 5) is 11.2. The van der Waals surface area contributed by atoms with Crippen LogP contribution >= 0.6 is 23.2 Å². The summed E-state index contributed by atoms with van der Waals surface area (Å²) in [5, 5.41) is 2.28. The largest absolute Gasteiger partial charge is 0.342 e. The first kappa shape index (κ1) is 13.2. The van der Waals surface area contributed by atoms with Gasteiger partial charge in [-0.05, 0) is 24.3 Å². The number of rotatable bonds is 3. The molecule has 0 bridgehead atoms. The van der Waals surface area contributed by atoms with E-state index in [1.54, 1.807) is 6.07 Å². The van der Waals surface area contributed by atoms with E-state index >= 15 is 0 Å². The fourth-order valence-corrected chi connectivity index (χ4v) is 2.89. The van der Waals surface area contributed by atoms with Gasteiger partial charge in [0.05, 0.1) is 12.1 Å². The number of para-hydroxylation sites is 1. The molecular formula is C16H11Cl2NO. The lowest BCUT2D eigenvalue weighted by Gasteiger charge is -2.10. The molecule has 0 aliphatic rings. The van der Waals surface area contributed by atoms with Crippen LogP contribution in [0.25, 0.3) is 10.9 Å². The zero-order valence-corrected chi connectivity index (χ0v) is 12.0. The Bertz CT molecular complexity index is 772. The maximum atomic E-state index is 11.2. The molecule has 2 nitrogen and oxygen atoms in total. The lowest BCUT2D eigenvalue weighted by atomic mass is 10.1. The zero-order valence-electron chi connectivity index (χ0n) is 10.5. The van der Waals surface area contributed by atoms with Gasteiger partial charge in [0.25, 0.3) is 0 Å². The summed E-state index contributed by atoms with van der Waals surface area (Å²) in [7, 11) is 0. The lowest BCUT2D eigenvalue weighted by molar-refractivity contribution is 0.112. The first-order valence-corrected chi connectivity index (χ1v) is 6.92. The Hall–Kier alpha value is -1.77. The first-order chi connectivity index (χ1) is 9.70. The molecule has 0 N–H and O–H groups in total. The molecule has 0 saturated carbocycles. The Morgan fingerprint density at radius 2 is 1.70 bits per heavy atom. The molecule has 0 radical (unpaired) electrons. The fourth-order valence-electron chi connectivity index (χ4n) is 2.37. The Morgan fingerprint density at radius 1 is 1.00 bits per heavy atom. The van der Waals surface area contributed by atoms with Crippen molar-refractivity contribution in [2.45, 2.75) is 6.54 Å². The molecule has 0 saturated heterocycles. The number of carbonyl (C=O) groups is 1. The molecule has 100 valence electrons. The predicted octanol–water partition coefficient (Wildman–Crippen LogP) is 4.81. The van der Waals surface area contributed by atoms with Gasteiger partial charge in [0, 0.05) is 32.8 Å². The van der Waals surface area contributed by atoms with Crippen LogP contribution in [0.15, 0.2) is 48.7 Å². The van der Waals surface area contributed by atoms with Crippen molar-refractivity contribution in [3.63, 3.8) is 0 Å². The predicted molar refractivity (Wildman–Crippen MR) is 82.9 cm³/mol. The van der Waals surface area contributed by atoms with Crippen LogP contribution in [0.4, 0.5) is 0 Å². The molecule has 3 aromatic rings. The maximum Gasteiger partial charge on any atom is 0.152 e. The highest BCUT2D eigenvalue weighted by atomic mass is 35.5. The van der Waals surface area contributed by atoms with Crippen molar-refractivity contribution in [1.29, 1.82) is 0 Å². The van der Waals surface area contributed by atoms with Crippen LogP contribution in [0.5, 0.6) is 0 Å². The zero-order chi connectivity index (χ0) is 14.1. The Labute approximate surface area is 126 Å². The van der Waals surface area contributed by atoms with Crippen LogP contribution in [0.1, 0.15) is 15.9 Å². The normalized spacial score (nSPS) is 10.9. The van der Waals surface area contributed by atoms with Gasteiger partial charge in [-0.15, -0.1) is 0 Å². The van der Waals surface area contributed by atoms with Gasteiger partial charge in [0.1, 0.15) is 0 Å². The van der Waals surface area contributed by atoms with Crippen molar-refractivity contribution in [3.05, 3.63) is 69.8 Å². The van der Waals surface area contributed by atoms with E-state index in [1.807, 2.05) is 47.2 Å². The maximum absolute atomic E-state index is 11.2. The Balaban J connectivity index is 2.14. The summed E-state index contributed by atoms with van der Waals surface area (Å²) >= 11 is 12.4. The minimum atomic E-state index is 0.535. The van der Waals surface area contributed by atoms with Crippen LogP contribution < -0.4 is 0 Å². The second-order valence-corrected chi connectivity index (χ2v) is 5.36. The summed E-state index contributed by atoms with van der Waals surface area (Å²) < 4.78 is 1.99. The van der Waals surface area contributed by atoms with Crippen molar-refractivity contribution in [3.8, 4) is 0 Å². The average molecular weight is 304 g/mol. The number of carbonyl (C=O) groups excluding carboxylic acids is 1. The van der Waals surface area contributed by atoms with Crippen LogP contribution in [0.3, 0.4) is 0 Å². The van der Waals surface area contributed by atoms with Gasteiger partial charge in [-0.2, -0.15) is 0 Å². The van der Waals surface area contributed by atoms with Crippen LogP contribution in [0, 0.1) is 0 Å². The molecule has 0 aliphatic heterocycles. The molecule has 4 heteroatoms. The molecule has 0 fully saturated rings. The van der Waals surface area contributed by atoms with Gasteiger partial charge in [0.15, 0.2) is 6.29 Å². The summed E-state index contributed by atoms with van der Waals surface area (Å²) in [6.45, 7) is 0.535. The summed E-state index contributed by atoms with van der Waals surface area (Å²) in [5.41, 5.74) is 2.42.